The second-order valence-corrected chi connectivity index (χ2v) is 11.9. The Bertz CT molecular complexity index is 916. The van der Waals surface area contributed by atoms with Crippen molar-refractivity contribution in [1.29, 1.82) is 0 Å². The topological polar surface area (TPSA) is 208 Å². The number of aliphatic hydroxyl groups is 5. The molecular formula is C30H52O14. The maximum atomic E-state index is 13.3. The summed E-state index contributed by atoms with van der Waals surface area (Å²) in [6, 6.07) is 0. The average Bonchev–Trinajstić information content (AvgIpc) is 3.24. The molecule has 2 saturated heterocycles. The lowest BCUT2D eigenvalue weighted by Gasteiger charge is -2.46. The summed E-state index contributed by atoms with van der Waals surface area (Å²) in [6.07, 6.45) is -9.31. The van der Waals surface area contributed by atoms with Crippen LogP contribution in [0.5, 0.6) is 0 Å². The maximum absolute atomic E-state index is 13.3. The van der Waals surface area contributed by atoms with Crippen molar-refractivity contribution >= 4 is 17.9 Å². The zero-order chi connectivity index (χ0) is 33.2. The summed E-state index contributed by atoms with van der Waals surface area (Å²) < 4.78 is 34.9. The van der Waals surface area contributed by atoms with E-state index >= 15 is 0 Å². The van der Waals surface area contributed by atoms with Crippen LogP contribution in [0.25, 0.3) is 0 Å². The standard InChI is InChI=1S/C30H52O14/c1-7-10-16(4)26(36)40-22-20(14-32)39-29(44-30(15-33)25(35)21(34)19(13-31)43-30)24(42-28(38)18(6)12-9-3)23(22)41-27(37)17(5)11-8-2/h16-25,29,31-35H,7-15H2,1-6H3/t16?,17?,18?,19-,20-,21-,22-,23+,24-,25+,29-,30+/m1/s1. The van der Waals surface area contributed by atoms with Gasteiger partial charge in [-0.3, -0.25) is 14.4 Å². The van der Waals surface area contributed by atoms with Crippen molar-refractivity contribution in [2.24, 2.45) is 17.8 Å². The largest absolute Gasteiger partial charge is 0.455 e. The third-order valence-corrected chi connectivity index (χ3v) is 8.12. The molecule has 0 spiro atoms. The minimum Gasteiger partial charge on any atom is -0.455 e. The summed E-state index contributed by atoms with van der Waals surface area (Å²) in [5.41, 5.74) is 0. The predicted molar refractivity (Wildman–Crippen MR) is 152 cm³/mol. The van der Waals surface area contributed by atoms with Gasteiger partial charge < -0.3 is 54.0 Å². The first-order chi connectivity index (χ1) is 20.8. The van der Waals surface area contributed by atoms with Crippen molar-refractivity contribution in [3.8, 4) is 0 Å². The van der Waals surface area contributed by atoms with Gasteiger partial charge in [0.1, 0.15) is 31.0 Å². The zero-order valence-electron chi connectivity index (χ0n) is 26.6. The maximum Gasteiger partial charge on any atom is 0.309 e. The highest BCUT2D eigenvalue weighted by Crippen LogP contribution is 2.38. The van der Waals surface area contributed by atoms with Crippen LogP contribution in [0.15, 0.2) is 0 Å². The van der Waals surface area contributed by atoms with E-state index in [9.17, 15) is 39.9 Å². The van der Waals surface area contributed by atoms with Gasteiger partial charge in [-0.25, -0.2) is 0 Å². The molecule has 0 amide bonds. The Balaban J connectivity index is 2.62. The number of ether oxygens (including phenoxy) is 6. The number of aliphatic hydroxyl groups excluding tert-OH is 5. The van der Waals surface area contributed by atoms with E-state index in [1.165, 1.54) is 0 Å². The summed E-state index contributed by atoms with van der Waals surface area (Å²) in [5, 5.41) is 51.4. The molecule has 2 aliphatic rings. The van der Waals surface area contributed by atoms with Gasteiger partial charge in [0.2, 0.25) is 12.1 Å². The second kappa shape index (κ2) is 17.7. The fourth-order valence-corrected chi connectivity index (χ4v) is 5.39. The van der Waals surface area contributed by atoms with Crippen LogP contribution in [0.2, 0.25) is 0 Å². The van der Waals surface area contributed by atoms with Crippen LogP contribution in [0.1, 0.15) is 80.1 Å². The van der Waals surface area contributed by atoms with Gasteiger partial charge in [0, 0.05) is 0 Å². The van der Waals surface area contributed by atoms with E-state index in [2.05, 4.69) is 0 Å². The van der Waals surface area contributed by atoms with Crippen LogP contribution in [0.3, 0.4) is 0 Å². The number of carbonyl (C=O) groups is 3. The normalized spacial score (nSPS) is 34.2. The zero-order valence-corrected chi connectivity index (χ0v) is 26.6. The van der Waals surface area contributed by atoms with Crippen molar-refractivity contribution in [2.45, 2.75) is 135 Å². The van der Waals surface area contributed by atoms with Crippen molar-refractivity contribution in [2.75, 3.05) is 19.8 Å². The Kier molecular flexibility index (Phi) is 15.4. The SMILES string of the molecule is CCCC(C)C(=O)O[C@@H]1[C@@H](OC(=O)C(C)CCC)[C@@H](O[C@]2(CO)O[C@H](CO)[C@@H](O)[C@@H]2O)O[C@H](CO)[C@H]1OC(=O)C(C)CCC. The van der Waals surface area contributed by atoms with E-state index in [-0.39, 0.29) is 0 Å². The van der Waals surface area contributed by atoms with E-state index in [1.54, 1.807) is 20.8 Å². The lowest BCUT2D eigenvalue weighted by molar-refractivity contribution is -0.384. The molecule has 2 rings (SSSR count). The molecule has 2 aliphatic heterocycles. The minimum absolute atomic E-state index is 0.453. The fourth-order valence-electron chi connectivity index (χ4n) is 5.39. The van der Waals surface area contributed by atoms with Crippen molar-refractivity contribution in [3.63, 3.8) is 0 Å². The lowest BCUT2D eigenvalue weighted by Crippen LogP contribution is -2.65. The molecule has 0 bridgehead atoms. The number of esters is 3. The Hall–Kier alpha value is -1.91. The summed E-state index contributed by atoms with van der Waals surface area (Å²) in [6.45, 7) is 8.08. The Morgan fingerprint density at radius 1 is 0.705 bits per heavy atom. The first-order valence-electron chi connectivity index (χ1n) is 15.7. The molecule has 0 radical (unpaired) electrons. The lowest BCUT2D eigenvalue weighted by atomic mass is 9.96. The van der Waals surface area contributed by atoms with Gasteiger partial charge >= 0.3 is 17.9 Å². The molecule has 3 unspecified atom stereocenters. The molecule has 0 aromatic carbocycles. The minimum atomic E-state index is -2.37. The van der Waals surface area contributed by atoms with Crippen LogP contribution in [-0.4, -0.2) is 118 Å². The number of hydrogen-bond acceptors (Lipinski definition) is 14. The van der Waals surface area contributed by atoms with Crippen LogP contribution in [0.4, 0.5) is 0 Å². The van der Waals surface area contributed by atoms with Crippen LogP contribution in [0, 0.1) is 17.8 Å². The van der Waals surface area contributed by atoms with Gasteiger partial charge in [-0.2, -0.15) is 0 Å². The van der Waals surface area contributed by atoms with Gasteiger partial charge in [0.15, 0.2) is 18.3 Å². The van der Waals surface area contributed by atoms with E-state index in [0.29, 0.717) is 38.5 Å². The quantitative estimate of drug-likeness (QED) is 0.109. The third-order valence-electron chi connectivity index (χ3n) is 8.12. The molecule has 44 heavy (non-hydrogen) atoms. The Labute approximate surface area is 258 Å². The monoisotopic (exact) mass is 636 g/mol. The molecule has 256 valence electrons. The molecule has 2 fully saturated rings. The van der Waals surface area contributed by atoms with E-state index in [0.717, 1.165) is 0 Å². The third kappa shape index (κ3) is 9.09. The molecule has 12 atom stereocenters. The van der Waals surface area contributed by atoms with Crippen molar-refractivity contribution < 1.29 is 68.3 Å². The molecule has 5 N–H and O–H groups in total. The van der Waals surface area contributed by atoms with Crippen molar-refractivity contribution in [1.82, 2.24) is 0 Å². The number of carbonyl (C=O) groups excluding carboxylic acids is 3. The van der Waals surface area contributed by atoms with Gasteiger partial charge in [-0.15, -0.1) is 0 Å². The average molecular weight is 637 g/mol. The summed E-state index contributed by atoms with van der Waals surface area (Å²) in [5.74, 6) is -6.19. The molecule has 0 aliphatic carbocycles. The van der Waals surface area contributed by atoms with E-state index in [1.807, 2.05) is 20.8 Å². The molecule has 14 nitrogen and oxygen atoms in total. The van der Waals surface area contributed by atoms with Gasteiger partial charge in [0.05, 0.1) is 31.0 Å². The summed E-state index contributed by atoms with van der Waals surface area (Å²) >= 11 is 0. The highest BCUT2D eigenvalue weighted by molar-refractivity contribution is 5.74. The van der Waals surface area contributed by atoms with Gasteiger partial charge in [0.25, 0.3) is 0 Å². The molecule has 14 heteroatoms. The van der Waals surface area contributed by atoms with Crippen molar-refractivity contribution in [3.05, 3.63) is 0 Å². The molecule has 2 heterocycles. The predicted octanol–water partition coefficient (Wildman–Crippen LogP) is 0.566. The smallest absolute Gasteiger partial charge is 0.309 e. The molecular weight excluding hydrogens is 584 g/mol. The number of rotatable bonds is 17. The fraction of sp³-hybridized carbons (Fsp3) is 0.900. The van der Waals surface area contributed by atoms with Crippen LogP contribution >= 0.6 is 0 Å². The van der Waals surface area contributed by atoms with Gasteiger partial charge in [-0.05, 0) is 19.3 Å². The summed E-state index contributed by atoms with van der Waals surface area (Å²) in [4.78, 5) is 39.6. The van der Waals surface area contributed by atoms with Crippen LogP contribution < -0.4 is 0 Å². The summed E-state index contributed by atoms with van der Waals surface area (Å²) in [7, 11) is 0. The first-order valence-corrected chi connectivity index (χ1v) is 15.7. The second-order valence-electron chi connectivity index (χ2n) is 11.9. The molecule has 0 saturated carbocycles. The molecule has 0 aromatic heterocycles. The molecule has 0 aromatic rings. The highest BCUT2D eigenvalue weighted by Gasteiger charge is 2.60. The van der Waals surface area contributed by atoms with E-state index < -0.39 is 110 Å². The number of hydrogen-bond donors (Lipinski definition) is 5. The Morgan fingerprint density at radius 2 is 1.14 bits per heavy atom. The van der Waals surface area contributed by atoms with E-state index in [4.69, 9.17) is 28.4 Å². The first kappa shape index (κ1) is 38.3. The van der Waals surface area contributed by atoms with Gasteiger partial charge in [-0.1, -0.05) is 60.8 Å². The highest BCUT2D eigenvalue weighted by atomic mass is 16.8. The Morgan fingerprint density at radius 3 is 1.52 bits per heavy atom. The van der Waals surface area contributed by atoms with Crippen LogP contribution in [-0.2, 0) is 42.8 Å².